The second kappa shape index (κ2) is 6.48. The zero-order valence-corrected chi connectivity index (χ0v) is 11.3. The predicted octanol–water partition coefficient (Wildman–Crippen LogP) is 3.95. The Bertz CT molecular complexity index is 586. The van der Waals surface area contributed by atoms with Crippen molar-refractivity contribution < 1.29 is 13.5 Å². The number of rotatable bonds is 5. The van der Waals surface area contributed by atoms with E-state index < -0.39 is 11.6 Å². The summed E-state index contributed by atoms with van der Waals surface area (Å²) in [6.45, 7) is 2.03. The summed E-state index contributed by atoms with van der Waals surface area (Å²) in [4.78, 5) is 0. The monoisotopic (exact) mass is 277 g/mol. The lowest BCUT2D eigenvalue weighted by atomic mass is 10.0. The molecule has 0 saturated heterocycles. The molecule has 0 unspecified atom stereocenters. The molecular formula is C16H17F2NO. The molecule has 0 bridgehead atoms. The van der Waals surface area contributed by atoms with Gasteiger partial charge in [0.05, 0.1) is 0 Å². The zero-order chi connectivity index (χ0) is 14.5. The molecule has 0 heterocycles. The quantitative estimate of drug-likeness (QED) is 0.898. The Hall–Kier alpha value is -1.94. The van der Waals surface area contributed by atoms with Crippen molar-refractivity contribution >= 4 is 0 Å². The first-order valence-electron chi connectivity index (χ1n) is 6.53. The van der Waals surface area contributed by atoms with E-state index in [9.17, 15) is 8.78 Å². The van der Waals surface area contributed by atoms with Gasteiger partial charge in [0.15, 0.2) is 0 Å². The lowest BCUT2D eigenvalue weighted by Crippen LogP contribution is -2.11. The average Bonchev–Trinajstić information content (AvgIpc) is 2.46. The van der Waals surface area contributed by atoms with Crippen molar-refractivity contribution in [2.45, 2.75) is 26.0 Å². The van der Waals surface area contributed by atoms with Crippen molar-refractivity contribution in [3.8, 4) is 5.75 Å². The van der Waals surface area contributed by atoms with E-state index in [-0.39, 0.29) is 12.6 Å². The first-order valence-corrected chi connectivity index (χ1v) is 6.53. The number of nitrogens with two attached hydrogens (primary N) is 1. The molecule has 0 spiro atoms. The summed E-state index contributed by atoms with van der Waals surface area (Å²) < 4.78 is 32.0. The molecule has 2 aromatic rings. The fourth-order valence-electron chi connectivity index (χ4n) is 1.93. The normalized spacial score (nSPS) is 12.2. The third-order valence-corrected chi connectivity index (χ3v) is 3.16. The average molecular weight is 277 g/mol. The molecular weight excluding hydrogens is 260 g/mol. The van der Waals surface area contributed by atoms with Crippen LogP contribution in [0, 0.1) is 11.6 Å². The lowest BCUT2D eigenvalue weighted by Gasteiger charge is -2.15. The van der Waals surface area contributed by atoms with Crippen molar-refractivity contribution in [3.05, 3.63) is 65.2 Å². The number of hydrogen-bond acceptors (Lipinski definition) is 2. The molecule has 2 rings (SSSR count). The van der Waals surface area contributed by atoms with Gasteiger partial charge in [-0.25, -0.2) is 8.78 Å². The fourth-order valence-corrected chi connectivity index (χ4v) is 1.93. The van der Waals surface area contributed by atoms with Crippen LogP contribution < -0.4 is 10.5 Å². The summed E-state index contributed by atoms with van der Waals surface area (Å²) in [5.74, 6) is -0.576. The van der Waals surface area contributed by atoms with Crippen LogP contribution in [0.4, 0.5) is 8.78 Å². The second-order valence-corrected chi connectivity index (χ2v) is 4.58. The van der Waals surface area contributed by atoms with Crippen molar-refractivity contribution in [2.75, 3.05) is 0 Å². The molecule has 1 atom stereocenters. The Labute approximate surface area is 117 Å². The maximum absolute atomic E-state index is 13.5. The Kier molecular flexibility index (Phi) is 4.69. The van der Waals surface area contributed by atoms with Gasteiger partial charge in [0.2, 0.25) is 0 Å². The van der Waals surface area contributed by atoms with Gasteiger partial charge in [0.1, 0.15) is 24.0 Å². The van der Waals surface area contributed by atoms with Gasteiger partial charge < -0.3 is 10.5 Å². The largest absolute Gasteiger partial charge is 0.488 e. The third-order valence-electron chi connectivity index (χ3n) is 3.16. The molecule has 2 N–H and O–H groups in total. The molecule has 20 heavy (non-hydrogen) atoms. The van der Waals surface area contributed by atoms with Crippen LogP contribution in [-0.2, 0) is 6.61 Å². The minimum Gasteiger partial charge on any atom is -0.488 e. The fraction of sp³-hybridized carbons (Fsp3) is 0.250. The highest BCUT2D eigenvalue weighted by Crippen LogP contribution is 2.26. The molecule has 0 aliphatic heterocycles. The maximum Gasteiger partial charge on any atom is 0.132 e. The topological polar surface area (TPSA) is 35.2 Å². The molecule has 0 radical (unpaired) electrons. The highest BCUT2D eigenvalue weighted by molar-refractivity contribution is 5.36. The van der Waals surface area contributed by atoms with Crippen LogP contribution in [0.2, 0.25) is 0 Å². The van der Waals surface area contributed by atoms with Gasteiger partial charge in [-0.2, -0.15) is 0 Å². The molecule has 0 aliphatic carbocycles. The summed E-state index contributed by atoms with van der Waals surface area (Å²) in [6.07, 6.45) is 0.783. The Morgan fingerprint density at radius 3 is 2.60 bits per heavy atom. The van der Waals surface area contributed by atoms with Crippen LogP contribution in [0.25, 0.3) is 0 Å². The molecule has 4 heteroatoms. The van der Waals surface area contributed by atoms with Crippen molar-refractivity contribution in [1.29, 1.82) is 0 Å². The van der Waals surface area contributed by atoms with Crippen LogP contribution >= 0.6 is 0 Å². The van der Waals surface area contributed by atoms with Crippen molar-refractivity contribution in [1.82, 2.24) is 0 Å². The standard InChI is InChI=1S/C16H17F2NO/c1-2-15(19)13-5-3-4-6-16(13)20-10-11-7-8-12(17)9-14(11)18/h3-9,15H,2,10,19H2,1H3/t15-/m1/s1. The molecule has 0 fully saturated rings. The zero-order valence-electron chi connectivity index (χ0n) is 11.3. The van der Waals surface area contributed by atoms with Gasteiger partial charge in [-0.05, 0) is 24.6 Å². The van der Waals surface area contributed by atoms with Crippen LogP contribution in [0.1, 0.15) is 30.5 Å². The summed E-state index contributed by atoms with van der Waals surface area (Å²) in [5, 5.41) is 0. The van der Waals surface area contributed by atoms with Crippen molar-refractivity contribution in [3.63, 3.8) is 0 Å². The summed E-state index contributed by atoms with van der Waals surface area (Å²) in [5.41, 5.74) is 7.21. The lowest BCUT2D eigenvalue weighted by molar-refractivity contribution is 0.294. The van der Waals surface area contributed by atoms with E-state index in [2.05, 4.69) is 0 Å². The minimum absolute atomic E-state index is 0.0412. The van der Waals surface area contributed by atoms with E-state index in [0.29, 0.717) is 11.3 Å². The van der Waals surface area contributed by atoms with E-state index in [4.69, 9.17) is 10.5 Å². The number of para-hydroxylation sites is 1. The summed E-state index contributed by atoms with van der Waals surface area (Å²) >= 11 is 0. The van der Waals surface area contributed by atoms with Crippen molar-refractivity contribution in [2.24, 2.45) is 5.73 Å². The van der Waals surface area contributed by atoms with Gasteiger partial charge in [0, 0.05) is 23.2 Å². The van der Waals surface area contributed by atoms with E-state index in [0.717, 1.165) is 18.1 Å². The van der Waals surface area contributed by atoms with Gasteiger partial charge in [-0.15, -0.1) is 0 Å². The number of hydrogen-bond donors (Lipinski definition) is 1. The Morgan fingerprint density at radius 1 is 1.15 bits per heavy atom. The van der Waals surface area contributed by atoms with Gasteiger partial charge in [0.25, 0.3) is 0 Å². The highest BCUT2D eigenvalue weighted by atomic mass is 19.1. The van der Waals surface area contributed by atoms with Gasteiger partial charge in [-0.3, -0.25) is 0 Å². The first-order chi connectivity index (χ1) is 9.61. The SMILES string of the molecule is CC[C@@H](N)c1ccccc1OCc1ccc(F)cc1F. The van der Waals surface area contributed by atoms with Crippen LogP contribution in [-0.4, -0.2) is 0 Å². The molecule has 0 saturated carbocycles. The third kappa shape index (κ3) is 3.33. The van der Waals surface area contributed by atoms with E-state index in [1.165, 1.54) is 12.1 Å². The van der Waals surface area contributed by atoms with Crippen LogP contribution in [0.5, 0.6) is 5.75 Å². The molecule has 106 valence electrons. The number of ether oxygens (including phenoxy) is 1. The van der Waals surface area contributed by atoms with Gasteiger partial charge >= 0.3 is 0 Å². The number of benzene rings is 2. The predicted molar refractivity (Wildman–Crippen MR) is 74.4 cm³/mol. The van der Waals surface area contributed by atoms with Crippen LogP contribution in [0.3, 0.4) is 0 Å². The molecule has 2 aromatic carbocycles. The summed E-state index contributed by atoms with van der Waals surface area (Å²) in [7, 11) is 0. The van der Waals surface area contributed by atoms with E-state index >= 15 is 0 Å². The van der Waals surface area contributed by atoms with E-state index in [1.54, 1.807) is 6.07 Å². The smallest absolute Gasteiger partial charge is 0.132 e. The molecule has 2 nitrogen and oxygen atoms in total. The number of halogens is 2. The minimum atomic E-state index is -0.609. The molecule has 0 aromatic heterocycles. The Morgan fingerprint density at radius 2 is 1.90 bits per heavy atom. The van der Waals surface area contributed by atoms with E-state index in [1.807, 2.05) is 25.1 Å². The Balaban J connectivity index is 2.15. The highest BCUT2D eigenvalue weighted by Gasteiger charge is 2.11. The maximum atomic E-state index is 13.5. The molecule has 0 aliphatic rings. The molecule has 0 amide bonds. The second-order valence-electron chi connectivity index (χ2n) is 4.58. The first kappa shape index (κ1) is 14.5. The van der Waals surface area contributed by atoms with Crippen LogP contribution in [0.15, 0.2) is 42.5 Å². The summed E-state index contributed by atoms with van der Waals surface area (Å²) in [6, 6.07) is 10.7. The van der Waals surface area contributed by atoms with Gasteiger partial charge in [-0.1, -0.05) is 25.1 Å².